The molecular weight excluding hydrogens is 272 g/mol. The van der Waals surface area contributed by atoms with E-state index in [1.54, 1.807) is 6.92 Å². The van der Waals surface area contributed by atoms with Gasteiger partial charge in [-0.2, -0.15) is 0 Å². The lowest BCUT2D eigenvalue weighted by Gasteiger charge is -2.29. The lowest BCUT2D eigenvalue weighted by Crippen LogP contribution is -2.53. The van der Waals surface area contributed by atoms with Gasteiger partial charge in [0.1, 0.15) is 0 Å². The van der Waals surface area contributed by atoms with Crippen molar-refractivity contribution in [1.29, 1.82) is 0 Å². The summed E-state index contributed by atoms with van der Waals surface area (Å²) >= 11 is 0. The number of aliphatic hydroxyl groups excluding tert-OH is 2. The van der Waals surface area contributed by atoms with Gasteiger partial charge in [-0.3, -0.25) is 4.79 Å². The standard InChI is InChI=1S/C14H18N4O3/c1-2-14(9-19,10-20)15-13(21)12-8-18(17-16-12)11-6-4-3-5-7-11/h3-8,19-20H,2,9-10H2,1H3,(H,15,21). The summed E-state index contributed by atoms with van der Waals surface area (Å²) in [5.74, 6) is -0.484. The number of carbonyl (C=O) groups excluding carboxylic acids is 1. The fourth-order valence-corrected chi connectivity index (χ4v) is 1.82. The predicted octanol–water partition coefficient (Wildman–Crippen LogP) is 0.130. The van der Waals surface area contributed by atoms with Crippen molar-refractivity contribution in [1.82, 2.24) is 20.3 Å². The molecule has 2 aromatic rings. The molecule has 1 aromatic heterocycles. The summed E-state index contributed by atoms with van der Waals surface area (Å²) in [6, 6.07) is 9.28. The van der Waals surface area contributed by atoms with Gasteiger partial charge in [0.25, 0.3) is 5.91 Å². The van der Waals surface area contributed by atoms with E-state index in [4.69, 9.17) is 0 Å². The molecule has 112 valence electrons. The monoisotopic (exact) mass is 290 g/mol. The van der Waals surface area contributed by atoms with Crippen molar-refractivity contribution in [3.8, 4) is 5.69 Å². The minimum absolute atomic E-state index is 0.124. The van der Waals surface area contributed by atoms with Gasteiger partial charge in [0.15, 0.2) is 5.69 Å². The summed E-state index contributed by atoms with van der Waals surface area (Å²) in [6.45, 7) is 1.07. The van der Waals surface area contributed by atoms with Crippen LogP contribution in [0.5, 0.6) is 0 Å². The van der Waals surface area contributed by atoms with Crippen LogP contribution in [0.1, 0.15) is 23.8 Å². The summed E-state index contributed by atoms with van der Waals surface area (Å²) in [7, 11) is 0. The number of hydrogen-bond donors (Lipinski definition) is 3. The average molecular weight is 290 g/mol. The van der Waals surface area contributed by atoms with Gasteiger partial charge in [0, 0.05) is 0 Å². The first kappa shape index (κ1) is 15.1. The molecule has 1 aromatic carbocycles. The quantitative estimate of drug-likeness (QED) is 0.702. The van der Waals surface area contributed by atoms with Crippen molar-refractivity contribution in [2.75, 3.05) is 13.2 Å². The highest BCUT2D eigenvalue weighted by Gasteiger charge is 2.29. The Hall–Kier alpha value is -2.25. The van der Waals surface area contributed by atoms with E-state index < -0.39 is 11.4 Å². The Morgan fingerprint density at radius 2 is 1.95 bits per heavy atom. The first-order valence-corrected chi connectivity index (χ1v) is 6.66. The van der Waals surface area contributed by atoms with Crippen LogP contribution in [0.2, 0.25) is 0 Å². The third kappa shape index (κ3) is 3.26. The SMILES string of the molecule is CCC(CO)(CO)NC(=O)c1cn(-c2ccccc2)nn1. The minimum atomic E-state index is -1.05. The Kier molecular flexibility index (Phi) is 4.66. The molecule has 0 aliphatic carbocycles. The number of nitrogens with one attached hydrogen (secondary N) is 1. The molecule has 0 bridgehead atoms. The van der Waals surface area contributed by atoms with E-state index in [0.717, 1.165) is 5.69 Å². The predicted molar refractivity (Wildman–Crippen MR) is 76.0 cm³/mol. The highest BCUT2D eigenvalue weighted by molar-refractivity contribution is 5.92. The number of aliphatic hydroxyl groups is 2. The summed E-state index contributed by atoms with van der Waals surface area (Å²) < 4.78 is 1.49. The molecule has 21 heavy (non-hydrogen) atoms. The molecule has 0 radical (unpaired) electrons. The van der Waals surface area contributed by atoms with Crippen LogP contribution < -0.4 is 5.32 Å². The number of amides is 1. The number of para-hydroxylation sites is 1. The summed E-state index contributed by atoms with van der Waals surface area (Å²) in [5.41, 5.74) is -0.137. The molecule has 0 aliphatic heterocycles. The van der Waals surface area contributed by atoms with Crippen LogP contribution in [-0.4, -0.2) is 49.9 Å². The molecule has 0 saturated carbocycles. The van der Waals surface area contributed by atoms with Crippen LogP contribution in [-0.2, 0) is 0 Å². The van der Waals surface area contributed by atoms with Crippen LogP contribution in [0.3, 0.4) is 0 Å². The molecule has 7 heteroatoms. The number of benzene rings is 1. The molecule has 0 unspecified atom stereocenters. The molecule has 0 fully saturated rings. The second-order valence-electron chi connectivity index (χ2n) is 4.79. The van der Waals surface area contributed by atoms with E-state index in [1.165, 1.54) is 10.9 Å². The molecular formula is C14H18N4O3. The first-order chi connectivity index (χ1) is 10.1. The van der Waals surface area contributed by atoms with Gasteiger partial charge in [-0.1, -0.05) is 30.3 Å². The van der Waals surface area contributed by atoms with Gasteiger partial charge >= 0.3 is 0 Å². The lowest BCUT2D eigenvalue weighted by molar-refractivity contribution is 0.0649. The van der Waals surface area contributed by atoms with Crippen molar-refractivity contribution in [3.05, 3.63) is 42.2 Å². The van der Waals surface area contributed by atoms with Gasteiger partial charge in [-0.15, -0.1) is 5.10 Å². The van der Waals surface area contributed by atoms with Gasteiger partial charge < -0.3 is 15.5 Å². The lowest BCUT2D eigenvalue weighted by atomic mass is 9.98. The summed E-state index contributed by atoms with van der Waals surface area (Å²) in [5, 5.41) is 29.0. The maximum absolute atomic E-state index is 12.1. The molecule has 2 rings (SSSR count). The maximum atomic E-state index is 12.1. The smallest absolute Gasteiger partial charge is 0.274 e. The molecule has 0 aliphatic rings. The number of rotatable bonds is 6. The third-order valence-corrected chi connectivity index (χ3v) is 3.41. The van der Waals surface area contributed by atoms with E-state index in [0.29, 0.717) is 6.42 Å². The molecule has 0 saturated heterocycles. The van der Waals surface area contributed by atoms with Crippen molar-refractivity contribution in [3.63, 3.8) is 0 Å². The fourth-order valence-electron chi connectivity index (χ4n) is 1.82. The fraction of sp³-hybridized carbons (Fsp3) is 0.357. The molecule has 1 amide bonds. The average Bonchev–Trinajstić information content (AvgIpc) is 3.04. The second-order valence-corrected chi connectivity index (χ2v) is 4.79. The van der Waals surface area contributed by atoms with E-state index in [2.05, 4.69) is 15.6 Å². The number of aromatic nitrogens is 3. The van der Waals surface area contributed by atoms with Crippen LogP contribution in [0.15, 0.2) is 36.5 Å². The number of hydrogen-bond acceptors (Lipinski definition) is 5. The van der Waals surface area contributed by atoms with Crippen molar-refractivity contribution in [2.24, 2.45) is 0 Å². The van der Waals surface area contributed by atoms with Gasteiger partial charge in [0.05, 0.1) is 30.6 Å². The van der Waals surface area contributed by atoms with Crippen molar-refractivity contribution < 1.29 is 15.0 Å². The van der Waals surface area contributed by atoms with Gasteiger partial charge in [0.2, 0.25) is 0 Å². The molecule has 3 N–H and O–H groups in total. The van der Waals surface area contributed by atoms with Crippen molar-refractivity contribution >= 4 is 5.91 Å². The van der Waals surface area contributed by atoms with E-state index in [1.807, 2.05) is 30.3 Å². The van der Waals surface area contributed by atoms with Crippen LogP contribution >= 0.6 is 0 Å². The molecule has 7 nitrogen and oxygen atoms in total. The maximum Gasteiger partial charge on any atom is 0.274 e. The normalized spacial score (nSPS) is 11.4. The minimum Gasteiger partial charge on any atom is -0.394 e. The highest BCUT2D eigenvalue weighted by atomic mass is 16.3. The van der Waals surface area contributed by atoms with E-state index in [-0.39, 0.29) is 18.9 Å². The zero-order valence-electron chi connectivity index (χ0n) is 11.7. The number of nitrogens with zero attached hydrogens (tertiary/aromatic N) is 3. The van der Waals surface area contributed by atoms with Crippen LogP contribution in [0.4, 0.5) is 0 Å². The zero-order chi connectivity index (χ0) is 15.3. The molecule has 1 heterocycles. The van der Waals surface area contributed by atoms with E-state index >= 15 is 0 Å². The highest BCUT2D eigenvalue weighted by Crippen LogP contribution is 2.10. The topological polar surface area (TPSA) is 100 Å². The Bertz CT molecular complexity index is 585. The summed E-state index contributed by atoms with van der Waals surface area (Å²) in [6.07, 6.45) is 1.90. The summed E-state index contributed by atoms with van der Waals surface area (Å²) in [4.78, 5) is 12.1. The van der Waals surface area contributed by atoms with Gasteiger partial charge in [-0.05, 0) is 18.6 Å². The van der Waals surface area contributed by atoms with Crippen LogP contribution in [0.25, 0.3) is 5.69 Å². The Morgan fingerprint density at radius 1 is 1.29 bits per heavy atom. The first-order valence-electron chi connectivity index (χ1n) is 6.66. The van der Waals surface area contributed by atoms with Crippen molar-refractivity contribution in [2.45, 2.75) is 18.9 Å². The van der Waals surface area contributed by atoms with Gasteiger partial charge in [-0.25, -0.2) is 4.68 Å². The number of carbonyl (C=O) groups is 1. The molecule has 0 atom stereocenters. The zero-order valence-corrected chi connectivity index (χ0v) is 11.7. The van der Waals surface area contributed by atoms with E-state index in [9.17, 15) is 15.0 Å². The molecule has 0 spiro atoms. The Balaban J connectivity index is 2.16. The Morgan fingerprint density at radius 3 is 2.52 bits per heavy atom. The third-order valence-electron chi connectivity index (χ3n) is 3.41. The second kappa shape index (κ2) is 6.47. The van der Waals surface area contributed by atoms with Crippen LogP contribution in [0, 0.1) is 0 Å². The Labute approximate surface area is 122 Å². The largest absolute Gasteiger partial charge is 0.394 e.